The summed E-state index contributed by atoms with van der Waals surface area (Å²) in [6, 6.07) is 6.17. The summed E-state index contributed by atoms with van der Waals surface area (Å²) in [4.78, 5) is 2.47. The summed E-state index contributed by atoms with van der Waals surface area (Å²) in [6.45, 7) is 7.44. The van der Waals surface area contributed by atoms with Crippen LogP contribution in [0.4, 0.5) is 0 Å². The number of hydrogen-bond donors (Lipinski definition) is 1. The molecule has 0 aliphatic carbocycles. The van der Waals surface area contributed by atoms with Crippen molar-refractivity contribution in [3.63, 3.8) is 0 Å². The first-order valence-corrected chi connectivity index (χ1v) is 7.49. The average Bonchev–Trinajstić information content (AvgIpc) is 2.65. The smallest absolute Gasteiger partial charge is 0.0482 e. The van der Waals surface area contributed by atoms with Crippen molar-refractivity contribution in [2.45, 2.75) is 26.3 Å². The third kappa shape index (κ3) is 3.08. The molecule has 1 saturated heterocycles. The van der Waals surface area contributed by atoms with Gasteiger partial charge in [-0.1, -0.05) is 41.4 Å². The molecule has 0 amide bonds. The Morgan fingerprint density at radius 3 is 2.78 bits per heavy atom. The average molecular weight is 332 g/mol. The van der Waals surface area contributed by atoms with Gasteiger partial charge in [-0.15, -0.1) is 0 Å². The topological polar surface area (TPSA) is 29.3 Å². The SMILES string of the molecule is CC1(C)CCN(C(CN)c2cc(Cl)ccc2Br)C1. The van der Waals surface area contributed by atoms with Crippen LogP contribution in [0.25, 0.3) is 0 Å². The van der Waals surface area contributed by atoms with Crippen LogP contribution in [0.5, 0.6) is 0 Å². The quantitative estimate of drug-likeness (QED) is 0.912. The first-order chi connectivity index (χ1) is 8.43. The summed E-state index contributed by atoms with van der Waals surface area (Å²) in [6.07, 6.45) is 1.22. The van der Waals surface area contributed by atoms with Crippen LogP contribution in [0.2, 0.25) is 5.02 Å². The van der Waals surface area contributed by atoms with Crippen LogP contribution in [0.3, 0.4) is 0 Å². The number of halogens is 2. The lowest BCUT2D eigenvalue weighted by molar-refractivity contribution is 0.223. The molecule has 0 spiro atoms. The van der Waals surface area contributed by atoms with Crippen molar-refractivity contribution in [2.75, 3.05) is 19.6 Å². The van der Waals surface area contributed by atoms with Gasteiger partial charge in [0.25, 0.3) is 0 Å². The van der Waals surface area contributed by atoms with E-state index in [0.717, 1.165) is 22.6 Å². The van der Waals surface area contributed by atoms with E-state index in [1.807, 2.05) is 18.2 Å². The van der Waals surface area contributed by atoms with E-state index in [1.165, 1.54) is 12.0 Å². The first kappa shape index (κ1) is 14.3. The van der Waals surface area contributed by atoms with Crippen LogP contribution in [-0.2, 0) is 0 Å². The van der Waals surface area contributed by atoms with Gasteiger partial charge in [0, 0.05) is 28.6 Å². The van der Waals surface area contributed by atoms with Crippen LogP contribution in [0, 0.1) is 5.41 Å². The van der Waals surface area contributed by atoms with Crippen LogP contribution >= 0.6 is 27.5 Å². The Labute approximate surface area is 123 Å². The number of nitrogens with zero attached hydrogens (tertiary/aromatic N) is 1. The van der Waals surface area contributed by atoms with Gasteiger partial charge in [0.15, 0.2) is 0 Å². The summed E-state index contributed by atoms with van der Waals surface area (Å²) in [5.41, 5.74) is 7.57. The lowest BCUT2D eigenvalue weighted by Gasteiger charge is -2.29. The standard InChI is InChI=1S/C14H20BrClN2/c1-14(2)5-6-18(9-14)13(8-17)11-7-10(16)3-4-12(11)15/h3-4,7,13H,5-6,8-9,17H2,1-2H3. The summed E-state index contributed by atoms with van der Waals surface area (Å²) >= 11 is 9.71. The van der Waals surface area contributed by atoms with Crippen molar-refractivity contribution < 1.29 is 0 Å². The molecule has 100 valence electrons. The maximum atomic E-state index is 6.10. The molecule has 0 radical (unpaired) electrons. The molecule has 1 aromatic rings. The first-order valence-electron chi connectivity index (χ1n) is 6.32. The minimum Gasteiger partial charge on any atom is -0.329 e. The maximum absolute atomic E-state index is 6.10. The second-order valence-electron chi connectivity index (χ2n) is 5.80. The zero-order valence-corrected chi connectivity index (χ0v) is 13.3. The molecular weight excluding hydrogens is 312 g/mol. The van der Waals surface area contributed by atoms with Crippen LogP contribution in [0.1, 0.15) is 31.9 Å². The van der Waals surface area contributed by atoms with Crippen molar-refractivity contribution in [3.8, 4) is 0 Å². The van der Waals surface area contributed by atoms with E-state index >= 15 is 0 Å². The normalized spacial score (nSPS) is 21.2. The highest BCUT2D eigenvalue weighted by molar-refractivity contribution is 9.10. The number of nitrogens with two attached hydrogens (primary N) is 1. The molecule has 0 saturated carbocycles. The molecule has 4 heteroatoms. The lowest BCUT2D eigenvalue weighted by atomic mass is 9.93. The van der Waals surface area contributed by atoms with Gasteiger partial charge >= 0.3 is 0 Å². The Bertz CT molecular complexity index is 434. The molecule has 1 aromatic carbocycles. The molecule has 2 N–H and O–H groups in total. The summed E-state index contributed by atoms with van der Waals surface area (Å²) < 4.78 is 1.09. The van der Waals surface area contributed by atoms with Crippen molar-refractivity contribution in [3.05, 3.63) is 33.3 Å². The van der Waals surface area contributed by atoms with Crippen LogP contribution in [0.15, 0.2) is 22.7 Å². The number of hydrogen-bond acceptors (Lipinski definition) is 2. The Morgan fingerprint density at radius 1 is 1.50 bits per heavy atom. The molecule has 0 aromatic heterocycles. The lowest BCUT2D eigenvalue weighted by Crippen LogP contribution is -2.33. The van der Waals surface area contributed by atoms with Gasteiger partial charge < -0.3 is 5.73 Å². The second-order valence-corrected chi connectivity index (χ2v) is 7.09. The predicted octanol–water partition coefficient (Wildman–Crippen LogP) is 3.83. The van der Waals surface area contributed by atoms with E-state index in [4.69, 9.17) is 17.3 Å². The molecule has 1 aliphatic rings. The molecule has 1 fully saturated rings. The Morgan fingerprint density at radius 2 is 2.22 bits per heavy atom. The van der Waals surface area contributed by atoms with Crippen LogP contribution < -0.4 is 5.73 Å². The van der Waals surface area contributed by atoms with Gasteiger partial charge in [0.1, 0.15) is 0 Å². The molecular formula is C14H20BrClN2. The maximum Gasteiger partial charge on any atom is 0.0482 e. The Hall–Kier alpha value is -0.0900. The van der Waals surface area contributed by atoms with Gasteiger partial charge in [-0.05, 0) is 42.1 Å². The third-order valence-electron chi connectivity index (χ3n) is 3.69. The van der Waals surface area contributed by atoms with Crippen molar-refractivity contribution in [1.29, 1.82) is 0 Å². The van der Waals surface area contributed by atoms with E-state index in [9.17, 15) is 0 Å². The molecule has 2 rings (SSSR count). The van der Waals surface area contributed by atoms with E-state index in [0.29, 0.717) is 12.0 Å². The molecule has 1 unspecified atom stereocenters. The summed E-state index contributed by atoms with van der Waals surface area (Å²) in [5, 5.41) is 0.769. The zero-order valence-electron chi connectivity index (χ0n) is 10.9. The summed E-state index contributed by atoms with van der Waals surface area (Å²) in [5.74, 6) is 0. The molecule has 1 aliphatic heterocycles. The molecule has 0 bridgehead atoms. The highest BCUT2D eigenvalue weighted by Crippen LogP contribution is 2.37. The Balaban J connectivity index is 2.26. The fourth-order valence-corrected chi connectivity index (χ4v) is 3.35. The third-order valence-corrected chi connectivity index (χ3v) is 4.65. The number of rotatable bonds is 3. The van der Waals surface area contributed by atoms with Crippen molar-refractivity contribution in [1.82, 2.24) is 4.90 Å². The molecule has 18 heavy (non-hydrogen) atoms. The van der Waals surface area contributed by atoms with E-state index < -0.39 is 0 Å². The van der Waals surface area contributed by atoms with Gasteiger partial charge in [0.2, 0.25) is 0 Å². The van der Waals surface area contributed by atoms with Gasteiger partial charge in [-0.25, -0.2) is 0 Å². The number of likely N-dealkylation sites (tertiary alicyclic amines) is 1. The largest absolute Gasteiger partial charge is 0.329 e. The Kier molecular flexibility index (Phi) is 4.37. The fraction of sp³-hybridized carbons (Fsp3) is 0.571. The minimum absolute atomic E-state index is 0.250. The zero-order chi connectivity index (χ0) is 13.3. The van der Waals surface area contributed by atoms with E-state index in [1.54, 1.807) is 0 Å². The predicted molar refractivity (Wildman–Crippen MR) is 80.9 cm³/mol. The van der Waals surface area contributed by atoms with E-state index in [-0.39, 0.29) is 6.04 Å². The molecule has 1 atom stereocenters. The van der Waals surface area contributed by atoms with Crippen molar-refractivity contribution in [2.24, 2.45) is 11.1 Å². The van der Waals surface area contributed by atoms with Gasteiger partial charge in [-0.2, -0.15) is 0 Å². The monoisotopic (exact) mass is 330 g/mol. The van der Waals surface area contributed by atoms with Gasteiger partial charge in [0.05, 0.1) is 0 Å². The van der Waals surface area contributed by atoms with E-state index in [2.05, 4.69) is 34.7 Å². The molecule has 1 heterocycles. The van der Waals surface area contributed by atoms with Crippen LogP contribution in [-0.4, -0.2) is 24.5 Å². The fourth-order valence-electron chi connectivity index (χ4n) is 2.66. The highest BCUT2D eigenvalue weighted by atomic mass is 79.9. The highest BCUT2D eigenvalue weighted by Gasteiger charge is 2.33. The minimum atomic E-state index is 0.250. The van der Waals surface area contributed by atoms with Crippen molar-refractivity contribution >= 4 is 27.5 Å². The number of benzene rings is 1. The molecule has 2 nitrogen and oxygen atoms in total. The van der Waals surface area contributed by atoms with Gasteiger partial charge in [-0.3, -0.25) is 4.90 Å². The second kappa shape index (κ2) is 5.49. The summed E-state index contributed by atoms with van der Waals surface area (Å²) in [7, 11) is 0.